The van der Waals surface area contributed by atoms with Crippen LogP contribution in [0.1, 0.15) is 26.2 Å². The lowest BCUT2D eigenvalue weighted by atomic mass is 10.2. The molecule has 0 aliphatic carbocycles. The van der Waals surface area contributed by atoms with Gasteiger partial charge >= 0.3 is 5.97 Å². The van der Waals surface area contributed by atoms with Crippen molar-refractivity contribution < 1.29 is 14.7 Å². The van der Waals surface area contributed by atoms with Crippen LogP contribution < -0.4 is 0 Å². The number of rotatable bonds is 6. The van der Waals surface area contributed by atoms with Crippen molar-refractivity contribution in [2.24, 2.45) is 0 Å². The maximum Gasteiger partial charge on any atom is 0.317 e. The smallest absolute Gasteiger partial charge is 0.317 e. The van der Waals surface area contributed by atoms with Crippen LogP contribution in [0, 0.1) is 0 Å². The van der Waals surface area contributed by atoms with Crippen molar-refractivity contribution in [1.82, 2.24) is 0 Å². The normalized spacial score (nSPS) is 12.5. The Morgan fingerprint density at radius 2 is 2.08 bits per heavy atom. The largest absolute Gasteiger partial charge is 0.480 e. The fraction of sp³-hybridized carbons (Fsp3) is 0.750. The molecule has 13 heavy (non-hydrogen) atoms. The molecule has 76 valence electrons. The zero-order valence-electron chi connectivity index (χ0n) is 7.46. The van der Waals surface area contributed by atoms with E-state index >= 15 is 0 Å². The summed E-state index contributed by atoms with van der Waals surface area (Å²) in [4.78, 5) is 21.3. The molecule has 0 aromatic carbocycles. The van der Waals surface area contributed by atoms with Crippen LogP contribution >= 0.6 is 27.7 Å². The Balaban J connectivity index is 3.81. The Bertz CT molecular complexity index is 184. The lowest BCUT2D eigenvalue weighted by Gasteiger charge is -2.08. The van der Waals surface area contributed by atoms with Crippen molar-refractivity contribution in [2.75, 3.05) is 5.33 Å². The van der Waals surface area contributed by atoms with Crippen LogP contribution in [0.25, 0.3) is 0 Å². The zero-order chi connectivity index (χ0) is 10.3. The summed E-state index contributed by atoms with van der Waals surface area (Å²) in [6.45, 7) is 1.39. The summed E-state index contributed by atoms with van der Waals surface area (Å²) in [6.07, 6.45) is 2.34. The molecule has 3 nitrogen and oxygen atoms in total. The number of hydrogen-bond acceptors (Lipinski definition) is 3. The molecule has 0 fully saturated rings. The Morgan fingerprint density at radius 1 is 1.46 bits per heavy atom. The van der Waals surface area contributed by atoms with E-state index in [1.807, 2.05) is 0 Å². The van der Waals surface area contributed by atoms with E-state index in [2.05, 4.69) is 15.9 Å². The summed E-state index contributed by atoms with van der Waals surface area (Å²) in [5.41, 5.74) is 0. The van der Waals surface area contributed by atoms with Gasteiger partial charge in [0.2, 0.25) is 0 Å². The number of halogens is 1. The molecule has 1 N–H and O–H groups in total. The summed E-state index contributed by atoms with van der Waals surface area (Å²) in [5, 5.41) is 8.91. The van der Waals surface area contributed by atoms with Crippen molar-refractivity contribution in [2.45, 2.75) is 31.4 Å². The molecule has 0 rings (SSSR count). The number of carbonyl (C=O) groups is 2. The van der Waals surface area contributed by atoms with Crippen LogP contribution in [0.2, 0.25) is 0 Å². The summed E-state index contributed by atoms with van der Waals surface area (Å²) in [6, 6.07) is 0. The first-order valence-corrected chi connectivity index (χ1v) is 6.04. The van der Waals surface area contributed by atoms with E-state index in [1.165, 1.54) is 6.92 Å². The van der Waals surface area contributed by atoms with Gasteiger partial charge in [-0.1, -0.05) is 34.1 Å². The van der Waals surface area contributed by atoms with Crippen LogP contribution in [0.4, 0.5) is 0 Å². The van der Waals surface area contributed by atoms with Crippen LogP contribution in [-0.2, 0) is 9.59 Å². The predicted octanol–water partition coefficient (Wildman–Crippen LogP) is 2.28. The second kappa shape index (κ2) is 7.38. The number of aliphatic carboxylic acids is 1. The van der Waals surface area contributed by atoms with E-state index in [9.17, 15) is 9.59 Å². The average molecular weight is 269 g/mol. The monoisotopic (exact) mass is 268 g/mol. The van der Waals surface area contributed by atoms with Gasteiger partial charge in [0.05, 0.1) is 0 Å². The first-order chi connectivity index (χ1) is 6.07. The van der Waals surface area contributed by atoms with Gasteiger partial charge in [-0.25, -0.2) is 0 Å². The highest BCUT2D eigenvalue weighted by Gasteiger charge is 2.19. The van der Waals surface area contributed by atoms with Gasteiger partial charge in [-0.3, -0.25) is 9.59 Å². The Hall–Kier alpha value is -0.0300. The van der Waals surface area contributed by atoms with Gasteiger partial charge in [0.1, 0.15) is 5.25 Å². The molecule has 1 atom stereocenters. The molecule has 0 saturated heterocycles. The number of unbranched alkanes of at least 4 members (excludes halogenated alkanes) is 1. The third-order valence-corrected chi connectivity index (χ3v) is 3.05. The second-order valence-electron chi connectivity index (χ2n) is 2.62. The molecular formula is C8H13BrO3S. The molecule has 0 aromatic heterocycles. The Morgan fingerprint density at radius 3 is 2.46 bits per heavy atom. The number of carbonyl (C=O) groups excluding carboxylic acids is 1. The number of carboxylic acid groups (broad SMARTS) is 1. The molecule has 0 amide bonds. The molecule has 0 spiro atoms. The highest BCUT2D eigenvalue weighted by Crippen LogP contribution is 2.18. The van der Waals surface area contributed by atoms with Gasteiger partial charge in [-0.2, -0.15) is 0 Å². The second-order valence-corrected chi connectivity index (χ2v) is 4.79. The quantitative estimate of drug-likeness (QED) is 0.593. The van der Waals surface area contributed by atoms with Gasteiger partial charge in [0.15, 0.2) is 5.12 Å². The Labute approximate surface area is 90.4 Å². The minimum atomic E-state index is -0.894. The summed E-state index contributed by atoms with van der Waals surface area (Å²) >= 11 is 4.17. The van der Waals surface area contributed by atoms with Gasteiger partial charge in [0, 0.05) is 12.3 Å². The summed E-state index contributed by atoms with van der Waals surface area (Å²) in [5.74, 6) is -0.894. The molecule has 0 bridgehead atoms. The minimum Gasteiger partial charge on any atom is -0.480 e. The van der Waals surface area contributed by atoms with Crippen LogP contribution in [0.15, 0.2) is 0 Å². The number of alkyl halides is 1. The van der Waals surface area contributed by atoms with Gasteiger partial charge in [-0.15, -0.1) is 0 Å². The van der Waals surface area contributed by atoms with Crippen molar-refractivity contribution in [3.63, 3.8) is 0 Å². The third kappa shape index (κ3) is 7.07. The maximum atomic E-state index is 10.7. The van der Waals surface area contributed by atoms with E-state index in [1.54, 1.807) is 0 Å². The predicted molar refractivity (Wildman–Crippen MR) is 57.3 cm³/mol. The highest BCUT2D eigenvalue weighted by molar-refractivity contribution is 9.09. The topological polar surface area (TPSA) is 54.4 Å². The summed E-state index contributed by atoms with van der Waals surface area (Å²) < 4.78 is 0. The van der Waals surface area contributed by atoms with E-state index in [4.69, 9.17) is 5.11 Å². The van der Waals surface area contributed by atoms with Crippen molar-refractivity contribution in [1.29, 1.82) is 0 Å². The van der Waals surface area contributed by atoms with Crippen LogP contribution in [0.5, 0.6) is 0 Å². The molecule has 0 saturated carbocycles. The van der Waals surface area contributed by atoms with Crippen LogP contribution in [0.3, 0.4) is 0 Å². The molecular weight excluding hydrogens is 256 g/mol. The fourth-order valence-electron chi connectivity index (χ4n) is 0.857. The molecule has 5 heteroatoms. The minimum absolute atomic E-state index is 0.133. The van der Waals surface area contributed by atoms with E-state index in [-0.39, 0.29) is 5.12 Å². The molecule has 0 heterocycles. The molecule has 0 aromatic rings. The summed E-state index contributed by atoms with van der Waals surface area (Å²) in [7, 11) is 0. The van der Waals surface area contributed by atoms with Crippen molar-refractivity contribution >= 4 is 38.8 Å². The first kappa shape index (κ1) is 13.0. The molecule has 0 radical (unpaired) electrons. The number of hydrogen-bond donors (Lipinski definition) is 1. The zero-order valence-corrected chi connectivity index (χ0v) is 9.86. The van der Waals surface area contributed by atoms with E-state index < -0.39 is 11.2 Å². The standard InChI is InChI=1S/C8H13BrO3S/c1-6(10)13-7(8(11)12)4-2-3-5-9/h7H,2-5H2,1H3,(H,11,12). The van der Waals surface area contributed by atoms with Gasteiger partial charge in [-0.05, 0) is 12.8 Å². The van der Waals surface area contributed by atoms with Gasteiger partial charge in [0.25, 0.3) is 0 Å². The van der Waals surface area contributed by atoms with Gasteiger partial charge < -0.3 is 5.11 Å². The van der Waals surface area contributed by atoms with E-state index in [0.29, 0.717) is 6.42 Å². The number of carboxylic acids is 1. The molecule has 1 unspecified atom stereocenters. The van der Waals surface area contributed by atoms with Crippen LogP contribution in [-0.4, -0.2) is 26.8 Å². The molecule has 0 aliphatic heterocycles. The van der Waals surface area contributed by atoms with Crippen molar-refractivity contribution in [3.05, 3.63) is 0 Å². The maximum absolute atomic E-state index is 10.7. The SMILES string of the molecule is CC(=O)SC(CCCCBr)C(=O)O. The molecule has 0 aliphatic rings. The highest BCUT2D eigenvalue weighted by atomic mass is 79.9. The Kier molecular flexibility index (Phi) is 7.36. The van der Waals surface area contributed by atoms with Crippen molar-refractivity contribution in [3.8, 4) is 0 Å². The fourth-order valence-corrected chi connectivity index (χ4v) is 2.04. The first-order valence-electron chi connectivity index (χ1n) is 4.04. The number of thioether (sulfide) groups is 1. The lowest BCUT2D eigenvalue weighted by molar-refractivity contribution is -0.136. The lowest BCUT2D eigenvalue weighted by Crippen LogP contribution is -2.17. The van der Waals surface area contributed by atoms with E-state index in [0.717, 1.165) is 29.9 Å². The third-order valence-electron chi connectivity index (χ3n) is 1.43. The average Bonchev–Trinajstić information content (AvgIpc) is 2.02.